The number of nitriles is 1. The highest BCUT2D eigenvalue weighted by Gasteiger charge is 2.46. The van der Waals surface area contributed by atoms with Crippen LogP contribution in [0, 0.1) is 22.6 Å². The minimum absolute atomic E-state index is 0.261. The van der Waals surface area contributed by atoms with Gasteiger partial charge < -0.3 is 10.5 Å². The van der Waals surface area contributed by atoms with E-state index in [1.54, 1.807) is 12.1 Å². The van der Waals surface area contributed by atoms with Crippen LogP contribution in [0.4, 0.5) is 4.39 Å². The fraction of sp³-hybridized carbons (Fsp3) is 0.364. The molecule has 0 spiro atoms. The molecular formula is C11H10BrFN2O. The van der Waals surface area contributed by atoms with Gasteiger partial charge in [0, 0.05) is 10.0 Å². The largest absolute Gasteiger partial charge is 0.378 e. The Hall–Kier alpha value is -0.960. The summed E-state index contributed by atoms with van der Waals surface area (Å²) in [4.78, 5) is 0. The predicted octanol–water partition coefficient (Wildman–Crippen LogP) is 2.13. The van der Waals surface area contributed by atoms with Gasteiger partial charge >= 0.3 is 0 Å². The molecule has 0 aliphatic carbocycles. The van der Waals surface area contributed by atoms with Crippen LogP contribution in [-0.2, 0) is 4.74 Å². The van der Waals surface area contributed by atoms with Crippen LogP contribution < -0.4 is 5.73 Å². The molecule has 0 aromatic heterocycles. The fourth-order valence-electron chi connectivity index (χ4n) is 1.69. The van der Waals surface area contributed by atoms with E-state index in [0.717, 1.165) is 4.47 Å². The van der Waals surface area contributed by atoms with Crippen molar-refractivity contribution in [2.45, 2.75) is 6.04 Å². The van der Waals surface area contributed by atoms with E-state index in [4.69, 9.17) is 15.7 Å². The molecule has 1 heterocycles. The van der Waals surface area contributed by atoms with Crippen LogP contribution in [0.2, 0.25) is 0 Å². The van der Waals surface area contributed by atoms with E-state index in [1.165, 1.54) is 6.07 Å². The van der Waals surface area contributed by atoms with Crippen LogP contribution in [0.15, 0.2) is 22.7 Å². The first-order chi connectivity index (χ1) is 7.59. The van der Waals surface area contributed by atoms with Crippen molar-refractivity contribution in [3.8, 4) is 6.07 Å². The molecular weight excluding hydrogens is 275 g/mol. The molecule has 5 heteroatoms. The summed E-state index contributed by atoms with van der Waals surface area (Å²) in [7, 11) is 0. The van der Waals surface area contributed by atoms with Gasteiger partial charge in [0.05, 0.1) is 25.3 Å². The minimum atomic E-state index is -0.790. The van der Waals surface area contributed by atoms with Gasteiger partial charge in [-0.1, -0.05) is 15.9 Å². The highest BCUT2D eigenvalue weighted by molar-refractivity contribution is 9.10. The number of hydrogen-bond acceptors (Lipinski definition) is 3. The zero-order valence-corrected chi connectivity index (χ0v) is 10.00. The molecule has 1 aromatic carbocycles. The van der Waals surface area contributed by atoms with Gasteiger partial charge in [0.2, 0.25) is 0 Å². The van der Waals surface area contributed by atoms with Gasteiger partial charge in [0.25, 0.3) is 0 Å². The van der Waals surface area contributed by atoms with Gasteiger partial charge in [-0.3, -0.25) is 0 Å². The van der Waals surface area contributed by atoms with E-state index < -0.39 is 17.3 Å². The standard InChI is InChI=1S/C11H10BrFN2O/c12-7-1-2-9(13)8(3-7)10(15)11(4-14)5-16-6-11/h1-3,10H,5-6,15H2. The first-order valence-electron chi connectivity index (χ1n) is 4.78. The number of ether oxygens (including phenoxy) is 1. The van der Waals surface area contributed by atoms with Gasteiger partial charge in [0.1, 0.15) is 11.2 Å². The molecule has 1 aliphatic heterocycles. The number of benzene rings is 1. The van der Waals surface area contributed by atoms with Crippen molar-refractivity contribution >= 4 is 15.9 Å². The molecule has 1 atom stereocenters. The summed E-state index contributed by atoms with van der Waals surface area (Å²) in [6.45, 7) is 0.521. The molecule has 0 radical (unpaired) electrons. The highest BCUT2D eigenvalue weighted by Crippen LogP contribution is 2.39. The molecule has 16 heavy (non-hydrogen) atoms. The first-order valence-corrected chi connectivity index (χ1v) is 5.58. The fourth-order valence-corrected chi connectivity index (χ4v) is 2.07. The first kappa shape index (κ1) is 11.5. The van der Waals surface area contributed by atoms with Crippen LogP contribution in [0.3, 0.4) is 0 Å². The molecule has 1 fully saturated rings. The third-order valence-corrected chi connectivity index (χ3v) is 3.32. The Morgan fingerprint density at radius 3 is 2.75 bits per heavy atom. The summed E-state index contributed by atoms with van der Waals surface area (Å²) in [6, 6.07) is 6.01. The number of halogens is 2. The van der Waals surface area contributed by atoms with E-state index in [0.29, 0.717) is 5.56 Å². The molecule has 2 rings (SSSR count). The van der Waals surface area contributed by atoms with Crippen LogP contribution in [0.25, 0.3) is 0 Å². The van der Waals surface area contributed by atoms with Crippen LogP contribution in [-0.4, -0.2) is 13.2 Å². The lowest BCUT2D eigenvalue weighted by molar-refractivity contribution is -0.0915. The number of nitrogens with zero attached hydrogens (tertiary/aromatic N) is 1. The average molecular weight is 285 g/mol. The van der Waals surface area contributed by atoms with Crippen LogP contribution in [0.5, 0.6) is 0 Å². The van der Waals surface area contributed by atoms with E-state index in [9.17, 15) is 4.39 Å². The molecule has 2 N–H and O–H groups in total. The number of nitrogens with two attached hydrogens (primary N) is 1. The zero-order valence-electron chi connectivity index (χ0n) is 8.41. The molecule has 0 bridgehead atoms. The monoisotopic (exact) mass is 284 g/mol. The van der Waals surface area contributed by atoms with Gasteiger partial charge in [0.15, 0.2) is 0 Å². The lowest BCUT2D eigenvalue weighted by Crippen LogP contribution is -2.49. The molecule has 0 saturated carbocycles. The van der Waals surface area contributed by atoms with Crippen molar-refractivity contribution in [1.82, 2.24) is 0 Å². The summed E-state index contributed by atoms with van der Waals surface area (Å²) in [5.74, 6) is -0.391. The topological polar surface area (TPSA) is 59.0 Å². The molecule has 1 saturated heterocycles. The van der Waals surface area contributed by atoms with Crippen molar-refractivity contribution in [1.29, 1.82) is 5.26 Å². The summed E-state index contributed by atoms with van der Waals surface area (Å²) in [5.41, 5.74) is 5.51. The Labute approximate surface area is 101 Å². The van der Waals surface area contributed by atoms with Crippen LogP contribution in [0.1, 0.15) is 11.6 Å². The van der Waals surface area contributed by atoms with Gasteiger partial charge in [-0.05, 0) is 18.2 Å². The Balaban J connectivity index is 2.37. The third kappa shape index (κ3) is 1.73. The maximum Gasteiger partial charge on any atom is 0.128 e. The highest BCUT2D eigenvalue weighted by atomic mass is 79.9. The smallest absolute Gasteiger partial charge is 0.128 e. The Morgan fingerprint density at radius 2 is 2.25 bits per heavy atom. The Kier molecular flexibility index (Phi) is 2.98. The molecule has 0 amide bonds. The van der Waals surface area contributed by atoms with Crippen molar-refractivity contribution in [3.05, 3.63) is 34.1 Å². The second-order valence-electron chi connectivity index (χ2n) is 3.90. The maximum atomic E-state index is 13.6. The van der Waals surface area contributed by atoms with Crippen molar-refractivity contribution in [2.24, 2.45) is 11.1 Å². The molecule has 1 aromatic rings. The minimum Gasteiger partial charge on any atom is -0.378 e. The molecule has 84 valence electrons. The zero-order chi connectivity index (χ0) is 11.8. The SMILES string of the molecule is N#CC1(C(N)c2cc(Br)ccc2F)COC1. The number of hydrogen-bond donors (Lipinski definition) is 1. The third-order valence-electron chi connectivity index (χ3n) is 2.83. The summed E-state index contributed by atoms with van der Waals surface area (Å²) in [5, 5.41) is 9.08. The predicted molar refractivity (Wildman–Crippen MR) is 59.9 cm³/mol. The van der Waals surface area contributed by atoms with E-state index in [1.807, 2.05) is 0 Å². The van der Waals surface area contributed by atoms with Crippen molar-refractivity contribution in [3.63, 3.8) is 0 Å². The lowest BCUT2D eigenvalue weighted by Gasteiger charge is -2.39. The maximum absolute atomic E-state index is 13.6. The Bertz CT molecular complexity index is 454. The van der Waals surface area contributed by atoms with E-state index >= 15 is 0 Å². The van der Waals surface area contributed by atoms with Gasteiger partial charge in [-0.25, -0.2) is 4.39 Å². The van der Waals surface area contributed by atoms with E-state index in [-0.39, 0.29) is 13.2 Å². The average Bonchev–Trinajstić information content (AvgIpc) is 2.21. The van der Waals surface area contributed by atoms with Crippen molar-refractivity contribution in [2.75, 3.05) is 13.2 Å². The molecule has 1 aliphatic rings. The second kappa shape index (κ2) is 4.13. The summed E-state index contributed by atoms with van der Waals surface area (Å²) >= 11 is 3.26. The lowest BCUT2D eigenvalue weighted by atomic mass is 9.77. The van der Waals surface area contributed by atoms with E-state index in [2.05, 4.69) is 22.0 Å². The van der Waals surface area contributed by atoms with Crippen LogP contribution >= 0.6 is 15.9 Å². The van der Waals surface area contributed by atoms with Gasteiger partial charge in [-0.2, -0.15) is 5.26 Å². The Morgan fingerprint density at radius 1 is 1.56 bits per heavy atom. The quantitative estimate of drug-likeness (QED) is 0.905. The second-order valence-corrected chi connectivity index (χ2v) is 4.82. The van der Waals surface area contributed by atoms with Gasteiger partial charge in [-0.15, -0.1) is 0 Å². The number of rotatable bonds is 2. The normalized spacial score (nSPS) is 19.6. The summed E-state index contributed by atoms with van der Waals surface area (Å²) in [6.07, 6.45) is 0. The van der Waals surface area contributed by atoms with Crippen molar-refractivity contribution < 1.29 is 9.13 Å². The molecule has 1 unspecified atom stereocenters. The molecule has 3 nitrogen and oxygen atoms in total. The summed E-state index contributed by atoms with van der Waals surface area (Å²) < 4.78 is 19.3.